The molecule has 1 N–H and O–H groups in total. The predicted molar refractivity (Wildman–Crippen MR) is 71.3 cm³/mol. The smallest absolute Gasteiger partial charge is 0.408 e. The Morgan fingerprint density at radius 1 is 1.36 bits per heavy atom. The van der Waals surface area contributed by atoms with E-state index in [-0.39, 0.29) is 12.1 Å². The number of hydrogen-bond acceptors (Lipinski definition) is 3. The molecule has 0 aliphatic heterocycles. The topological polar surface area (TPSA) is 75.4 Å². The molecule has 6 nitrogen and oxygen atoms in total. The van der Waals surface area contributed by atoms with E-state index in [1.165, 1.54) is 27.8 Å². The molecule has 0 aliphatic carbocycles. The number of carbonyl (C=O) groups is 2. The fourth-order valence-electron chi connectivity index (χ4n) is 1.97. The summed E-state index contributed by atoms with van der Waals surface area (Å²) in [5.41, 5.74) is 0.963. The van der Waals surface area contributed by atoms with Gasteiger partial charge in [0.1, 0.15) is 12.6 Å². The van der Waals surface area contributed by atoms with Crippen molar-refractivity contribution in [3.63, 3.8) is 0 Å². The Balaban J connectivity index is 2.95. The van der Waals surface area contributed by atoms with Crippen molar-refractivity contribution in [1.82, 2.24) is 14.7 Å². The first-order chi connectivity index (χ1) is 9.94. The van der Waals surface area contributed by atoms with Crippen LogP contribution in [0.25, 0.3) is 0 Å². The minimum Gasteiger partial charge on any atom is -0.480 e. The van der Waals surface area contributed by atoms with Gasteiger partial charge in [-0.2, -0.15) is 18.3 Å². The average molecular weight is 321 g/mol. The van der Waals surface area contributed by atoms with Crippen LogP contribution in [0.2, 0.25) is 0 Å². The fraction of sp³-hybridized carbons (Fsp3) is 0.615. The summed E-state index contributed by atoms with van der Waals surface area (Å²) >= 11 is 0. The van der Waals surface area contributed by atoms with Crippen LogP contribution in [0.4, 0.5) is 13.2 Å². The van der Waals surface area contributed by atoms with Crippen LogP contribution in [0.15, 0.2) is 0 Å². The number of nitrogens with zero attached hydrogens (tertiary/aromatic N) is 3. The summed E-state index contributed by atoms with van der Waals surface area (Å²) < 4.78 is 38.1. The van der Waals surface area contributed by atoms with Crippen molar-refractivity contribution in [2.75, 3.05) is 7.05 Å². The maximum absolute atomic E-state index is 12.4. The highest BCUT2D eigenvalue weighted by Crippen LogP contribution is 2.21. The van der Waals surface area contributed by atoms with E-state index < -0.39 is 30.6 Å². The summed E-state index contributed by atoms with van der Waals surface area (Å²) in [7, 11) is 1.34. The Kier molecular flexibility index (Phi) is 5.21. The first-order valence-corrected chi connectivity index (χ1v) is 6.52. The number of carboxylic acid groups (broad SMARTS) is 1. The maximum atomic E-state index is 12.4. The number of carboxylic acids is 1. The molecule has 1 heterocycles. The largest absolute Gasteiger partial charge is 0.480 e. The SMILES string of the molecule is Cc1nn(CC(F)(F)F)c(C)c1CC(=O)N(C)C(C)C(=O)O. The highest BCUT2D eigenvalue weighted by molar-refractivity contribution is 5.84. The Bertz CT molecular complexity index is 581. The molecule has 0 aliphatic rings. The summed E-state index contributed by atoms with van der Waals surface area (Å²) in [4.78, 5) is 24.0. The number of rotatable bonds is 5. The van der Waals surface area contributed by atoms with E-state index in [9.17, 15) is 22.8 Å². The number of alkyl halides is 3. The molecular formula is C13H18F3N3O3. The number of aryl methyl sites for hydroxylation is 1. The molecule has 1 aromatic heterocycles. The van der Waals surface area contributed by atoms with E-state index in [0.29, 0.717) is 11.3 Å². The van der Waals surface area contributed by atoms with Crippen LogP contribution in [-0.4, -0.2) is 50.9 Å². The molecule has 1 aromatic rings. The summed E-state index contributed by atoms with van der Waals surface area (Å²) in [6.07, 6.45) is -4.59. The molecule has 22 heavy (non-hydrogen) atoms. The average Bonchev–Trinajstić information content (AvgIpc) is 2.62. The van der Waals surface area contributed by atoms with Gasteiger partial charge in [0.25, 0.3) is 0 Å². The van der Waals surface area contributed by atoms with Gasteiger partial charge in [-0.15, -0.1) is 0 Å². The third-order valence-electron chi connectivity index (χ3n) is 3.52. The molecular weight excluding hydrogens is 303 g/mol. The Morgan fingerprint density at radius 3 is 2.36 bits per heavy atom. The molecule has 0 bridgehead atoms. The second-order valence-electron chi connectivity index (χ2n) is 5.12. The summed E-state index contributed by atoms with van der Waals surface area (Å²) in [5, 5.41) is 12.7. The molecule has 0 aromatic carbocycles. The van der Waals surface area contributed by atoms with Crippen molar-refractivity contribution in [2.45, 2.75) is 46.0 Å². The Labute approximate surface area is 125 Å². The highest BCUT2D eigenvalue weighted by Gasteiger charge is 2.31. The first-order valence-electron chi connectivity index (χ1n) is 6.52. The van der Waals surface area contributed by atoms with Crippen LogP contribution in [0.5, 0.6) is 0 Å². The van der Waals surface area contributed by atoms with Crippen LogP contribution >= 0.6 is 0 Å². The monoisotopic (exact) mass is 321 g/mol. The van der Waals surface area contributed by atoms with Gasteiger partial charge in [-0.3, -0.25) is 9.48 Å². The lowest BCUT2D eigenvalue weighted by Crippen LogP contribution is -2.41. The maximum Gasteiger partial charge on any atom is 0.408 e. The normalized spacial score (nSPS) is 13.0. The van der Waals surface area contributed by atoms with Crippen molar-refractivity contribution in [2.24, 2.45) is 0 Å². The van der Waals surface area contributed by atoms with Gasteiger partial charge in [0.2, 0.25) is 5.91 Å². The van der Waals surface area contributed by atoms with Gasteiger partial charge in [-0.1, -0.05) is 0 Å². The molecule has 1 amide bonds. The van der Waals surface area contributed by atoms with Crippen molar-refractivity contribution >= 4 is 11.9 Å². The van der Waals surface area contributed by atoms with Gasteiger partial charge in [0, 0.05) is 18.3 Å². The summed E-state index contributed by atoms with van der Waals surface area (Å²) in [6.45, 7) is 3.10. The van der Waals surface area contributed by atoms with Gasteiger partial charge >= 0.3 is 12.1 Å². The molecule has 9 heteroatoms. The number of likely N-dealkylation sites (N-methyl/N-ethyl adjacent to an activating group) is 1. The minimum atomic E-state index is -4.40. The molecule has 1 rings (SSSR count). The van der Waals surface area contributed by atoms with Crippen molar-refractivity contribution in [3.8, 4) is 0 Å². The zero-order valence-corrected chi connectivity index (χ0v) is 12.7. The second kappa shape index (κ2) is 6.37. The van der Waals surface area contributed by atoms with E-state index in [1.807, 2.05) is 0 Å². The van der Waals surface area contributed by atoms with Crippen LogP contribution < -0.4 is 0 Å². The Morgan fingerprint density at radius 2 is 1.91 bits per heavy atom. The van der Waals surface area contributed by atoms with E-state index >= 15 is 0 Å². The molecule has 0 spiro atoms. The van der Waals surface area contributed by atoms with Gasteiger partial charge in [-0.05, 0) is 20.8 Å². The van der Waals surface area contributed by atoms with Gasteiger partial charge < -0.3 is 10.0 Å². The van der Waals surface area contributed by atoms with Crippen LogP contribution in [0.1, 0.15) is 23.9 Å². The first kappa shape index (κ1) is 18.0. The summed E-state index contributed by atoms with van der Waals surface area (Å²) in [6, 6.07) is -1.02. The minimum absolute atomic E-state index is 0.191. The number of amides is 1. The third kappa shape index (κ3) is 4.22. The van der Waals surface area contributed by atoms with E-state index in [4.69, 9.17) is 5.11 Å². The standard InChI is InChI=1S/C13H18F3N3O3/c1-7-10(5-11(20)18(4)9(3)12(21)22)8(2)19(17-7)6-13(14,15)16/h9H,5-6H2,1-4H3,(H,21,22). The number of carbonyl (C=O) groups excluding carboxylic acids is 1. The summed E-state index contributed by atoms with van der Waals surface area (Å²) in [5.74, 6) is -1.65. The van der Waals surface area contributed by atoms with Crippen molar-refractivity contribution in [1.29, 1.82) is 0 Å². The van der Waals surface area contributed by atoms with E-state index in [1.54, 1.807) is 0 Å². The van der Waals surface area contributed by atoms with E-state index in [2.05, 4.69) is 5.10 Å². The predicted octanol–water partition coefficient (Wildman–Crippen LogP) is 1.54. The lowest BCUT2D eigenvalue weighted by Gasteiger charge is -2.21. The molecule has 0 radical (unpaired) electrons. The second-order valence-corrected chi connectivity index (χ2v) is 5.12. The van der Waals surface area contributed by atoms with Crippen molar-refractivity contribution < 1.29 is 27.9 Å². The zero-order chi connectivity index (χ0) is 17.2. The lowest BCUT2D eigenvalue weighted by molar-refractivity contribution is -0.148. The third-order valence-corrected chi connectivity index (χ3v) is 3.52. The number of halogens is 3. The number of hydrogen-bond donors (Lipinski definition) is 1. The van der Waals surface area contributed by atoms with Gasteiger partial charge in [0.15, 0.2) is 0 Å². The van der Waals surface area contributed by atoms with E-state index in [0.717, 1.165) is 9.58 Å². The molecule has 1 atom stereocenters. The van der Waals surface area contributed by atoms with Crippen LogP contribution in [0, 0.1) is 13.8 Å². The van der Waals surface area contributed by atoms with Crippen LogP contribution in [-0.2, 0) is 22.6 Å². The quantitative estimate of drug-likeness (QED) is 0.892. The zero-order valence-electron chi connectivity index (χ0n) is 12.7. The van der Waals surface area contributed by atoms with Crippen LogP contribution in [0.3, 0.4) is 0 Å². The van der Waals surface area contributed by atoms with Gasteiger partial charge in [0.05, 0.1) is 12.1 Å². The molecule has 1 unspecified atom stereocenters. The molecule has 124 valence electrons. The fourth-order valence-corrected chi connectivity index (χ4v) is 1.97. The number of aliphatic carboxylic acids is 1. The van der Waals surface area contributed by atoms with Gasteiger partial charge in [-0.25, -0.2) is 4.79 Å². The molecule has 0 fully saturated rings. The van der Waals surface area contributed by atoms with Crippen molar-refractivity contribution in [3.05, 3.63) is 17.0 Å². The number of aromatic nitrogens is 2. The molecule has 0 saturated heterocycles. The molecule has 0 saturated carbocycles. The lowest BCUT2D eigenvalue weighted by atomic mass is 10.1. The Hall–Kier alpha value is -2.06. The highest BCUT2D eigenvalue weighted by atomic mass is 19.4.